The number of benzene rings is 1. The maximum absolute atomic E-state index is 12.9. The van der Waals surface area contributed by atoms with E-state index in [-0.39, 0.29) is 12.5 Å². The lowest BCUT2D eigenvalue weighted by molar-refractivity contribution is -0.120. The number of piperidine rings is 1. The summed E-state index contributed by atoms with van der Waals surface area (Å²) in [5.74, 6) is -0.708. The van der Waals surface area contributed by atoms with Crippen molar-refractivity contribution in [3.63, 3.8) is 0 Å². The molecule has 1 amide bonds. The van der Waals surface area contributed by atoms with Crippen molar-refractivity contribution in [2.24, 2.45) is 5.92 Å². The van der Waals surface area contributed by atoms with Crippen LogP contribution in [-0.2, 0) is 14.8 Å². The number of anilines is 1. The van der Waals surface area contributed by atoms with E-state index in [4.69, 9.17) is 11.6 Å². The van der Waals surface area contributed by atoms with Crippen molar-refractivity contribution < 1.29 is 13.2 Å². The van der Waals surface area contributed by atoms with Crippen molar-refractivity contribution in [1.82, 2.24) is 19.1 Å². The number of hydrogen-bond acceptors (Lipinski definition) is 6. The smallest absolute Gasteiger partial charge is 0.252 e. The zero-order valence-corrected chi connectivity index (χ0v) is 17.6. The summed E-state index contributed by atoms with van der Waals surface area (Å²) in [5, 5.41) is 9.17. The van der Waals surface area contributed by atoms with Gasteiger partial charge in [0.2, 0.25) is 5.91 Å². The molecule has 4 rings (SSSR count). The van der Waals surface area contributed by atoms with Crippen molar-refractivity contribution in [3.8, 4) is 5.69 Å². The average Bonchev–Trinajstić information content (AvgIpc) is 3.42. The van der Waals surface area contributed by atoms with Crippen LogP contribution in [0.25, 0.3) is 5.69 Å². The first-order chi connectivity index (χ1) is 13.9. The van der Waals surface area contributed by atoms with Gasteiger partial charge in [-0.2, -0.15) is 9.40 Å². The highest BCUT2D eigenvalue weighted by molar-refractivity contribution is 7.91. The molecule has 3 heterocycles. The predicted molar refractivity (Wildman–Crippen MR) is 111 cm³/mol. The molecule has 0 aliphatic carbocycles. The van der Waals surface area contributed by atoms with Crippen LogP contribution in [0.4, 0.5) is 5.69 Å². The van der Waals surface area contributed by atoms with Gasteiger partial charge < -0.3 is 5.32 Å². The first-order valence-electron chi connectivity index (χ1n) is 8.94. The number of carbonyl (C=O) groups excluding carboxylic acids is 1. The van der Waals surface area contributed by atoms with Crippen molar-refractivity contribution >= 4 is 44.6 Å². The number of carbonyl (C=O) groups is 1. The number of thiophene rings is 1. The number of nitrogens with zero attached hydrogens (tertiary/aromatic N) is 4. The molecule has 1 N–H and O–H groups in total. The van der Waals surface area contributed by atoms with Crippen molar-refractivity contribution in [3.05, 3.63) is 53.4 Å². The van der Waals surface area contributed by atoms with Gasteiger partial charge in [0.05, 0.1) is 17.3 Å². The normalized spacial score (nSPS) is 17.9. The Bertz CT molecular complexity index is 1100. The Kier molecular flexibility index (Phi) is 5.68. The van der Waals surface area contributed by atoms with E-state index in [0.29, 0.717) is 40.0 Å². The number of halogens is 1. The van der Waals surface area contributed by atoms with Crippen molar-refractivity contribution in [2.75, 3.05) is 18.4 Å². The second-order valence-electron chi connectivity index (χ2n) is 6.63. The molecule has 11 heteroatoms. The maximum atomic E-state index is 12.9. The fourth-order valence-electron chi connectivity index (χ4n) is 3.29. The number of amides is 1. The SMILES string of the molecule is O=C(Nc1cc(Cl)ccc1-n1cncn1)C1CCCN(S(=O)(=O)c2cccs2)C1. The number of hydrogen-bond donors (Lipinski definition) is 1. The van der Waals surface area contributed by atoms with Gasteiger partial charge in [0.15, 0.2) is 0 Å². The Labute approximate surface area is 177 Å². The summed E-state index contributed by atoms with van der Waals surface area (Å²) in [4.78, 5) is 16.9. The molecule has 29 heavy (non-hydrogen) atoms. The Balaban J connectivity index is 1.53. The van der Waals surface area contributed by atoms with Crippen LogP contribution in [0.15, 0.2) is 52.6 Å². The first kappa shape index (κ1) is 20.0. The summed E-state index contributed by atoms with van der Waals surface area (Å²) in [6.45, 7) is 0.552. The molecule has 3 aromatic rings. The molecule has 1 aromatic carbocycles. The van der Waals surface area contributed by atoms with Gasteiger partial charge in [-0.3, -0.25) is 4.79 Å². The largest absolute Gasteiger partial charge is 0.324 e. The summed E-state index contributed by atoms with van der Waals surface area (Å²) in [7, 11) is -3.58. The fourth-order valence-corrected chi connectivity index (χ4v) is 6.13. The molecular formula is C18H18ClN5O3S2. The van der Waals surface area contributed by atoms with Crippen LogP contribution < -0.4 is 5.32 Å². The minimum Gasteiger partial charge on any atom is -0.324 e. The van der Waals surface area contributed by atoms with E-state index in [0.717, 1.165) is 0 Å². The Morgan fingerprint density at radius 1 is 1.31 bits per heavy atom. The van der Waals surface area contributed by atoms with E-state index >= 15 is 0 Å². The topological polar surface area (TPSA) is 97.2 Å². The van der Waals surface area contributed by atoms with Gasteiger partial charge in [-0.15, -0.1) is 11.3 Å². The third-order valence-electron chi connectivity index (χ3n) is 4.73. The molecule has 1 aliphatic rings. The van der Waals surface area contributed by atoms with Crippen LogP contribution >= 0.6 is 22.9 Å². The van der Waals surface area contributed by atoms with Crippen LogP contribution in [0.3, 0.4) is 0 Å². The molecule has 0 saturated carbocycles. The molecule has 1 unspecified atom stereocenters. The standard InChI is InChI=1S/C18H18ClN5O3S2/c19-14-5-6-16(24-12-20-11-21-24)15(9-14)22-18(25)13-3-1-7-23(10-13)29(26,27)17-4-2-8-28-17/h2,4-6,8-9,11-13H,1,3,7,10H2,(H,22,25). The molecule has 1 atom stereocenters. The van der Waals surface area contributed by atoms with Crippen LogP contribution in [0.2, 0.25) is 5.02 Å². The highest BCUT2D eigenvalue weighted by atomic mass is 35.5. The molecule has 1 fully saturated rings. The van der Waals surface area contributed by atoms with Gasteiger partial charge >= 0.3 is 0 Å². The summed E-state index contributed by atoms with van der Waals surface area (Å²) in [5.41, 5.74) is 1.12. The average molecular weight is 452 g/mol. The third-order valence-corrected chi connectivity index (χ3v) is 8.20. The van der Waals surface area contributed by atoms with Crippen LogP contribution in [-0.4, -0.2) is 46.5 Å². The lowest BCUT2D eigenvalue weighted by Gasteiger charge is -2.31. The van der Waals surface area contributed by atoms with E-state index in [9.17, 15) is 13.2 Å². The van der Waals surface area contributed by atoms with Crippen LogP contribution in [0.5, 0.6) is 0 Å². The van der Waals surface area contributed by atoms with E-state index in [1.165, 1.54) is 33.0 Å². The molecule has 0 spiro atoms. The minimum atomic E-state index is -3.58. The van der Waals surface area contributed by atoms with E-state index in [2.05, 4.69) is 15.4 Å². The highest BCUT2D eigenvalue weighted by Gasteiger charge is 2.34. The Hall–Kier alpha value is -2.27. The molecule has 0 radical (unpaired) electrons. The molecule has 1 aliphatic heterocycles. The van der Waals surface area contributed by atoms with E-state index in [1.54, 1.807) is 35.7 Å². The molecule has 152 valence electrons. The zero-order chi connectivity index (χ0) is 20.4. The zero-order valence-electron chi connectivity index (χ0n) is 15.2. The van der Waals surface area contributed by atoms with Gasteiger partial charge in [-0.25, -0.2) is 18.1 Å². The molecule has 1 saturated heterocycles. The van der Waals surface area contributed by atoms with Gasteiger partial charge in [0, 0.05) is 18.1 Å². The van der Waals surface area contributed by atoms with Gasteiger partial charge in [-0.05, 0) is 42.5 Å². The van der Waals surface area contributed by atoms with Gasteiger partial charge in [-0.1, -0.05) is 17.7 Å². The van der Waals surface area contributed by atoms with Gasteiger partial charge in [0.1, 0.15) is 16.9 Å². The van der Waals surface area contributed by atoms with E-state index in [1.807, 2.05) is 0 Å². The summed E-state index contributed by atoms with van der Waals surface area (Å²) >= 11 is 7.28. The molecular weight excluding hydrogens is 434 g/mol. The number of rotatable bonds is 5. The lowest BCUT2D eigenvalue weighted by atomic mass is 9.98. The first-order valence-corrected chi connectivity index (χ1v) is 11.6. The quantitative estimate of drug-likeness (QED) is 0.643. The second-order valence-corrected chi connectivity index (χ2v) is 10.2. The summed E-state index contributed by atoms with van der Waals surface area (Å²) in [6, 6.07) is 8.36. The maximum Gasteiger partial charge on any atom is 0.252 e. The Morgan fingerprint density at radius 2 is 2.17 bits per heavy atom. The number of sulfonamides is 1. The summed E-state index contributed by atoms with van der Waals surface area (Å²) in [6.07, 6.45) is 4.15. The minimum absolute atomic E-state index is 0.144. The number of aromatic nitrogens is 3. The Morgan fingerprint density at radius 3 is 2.90 bits per heavy atom. The molecule has 8 nitrogen and oxygen atoms in total. The predicted octanol–water partition coefficient (Wildman–Crippen LogP) is 3.02. The molecule has 0 bridgehead atoms. The monoisotopic (exact) mass is 451 g/mol. The summed E-state index contributed by atoms with van der Waals surface area (Å²) < 4.78 is 28.8. The van der Waals surface area contributed by atoms with Crippen LogP contribution in [0.1, 0.15) is 12.8 Å². The lowest BCUT2D eigenvalue weighted by Crippen LogP contribution is -2.43. The molecule has 2 aromatic heterocycles. The van der Waals surface area contributed by atoms with Crippen molar-refractivity contribution in [1.29, 1.82) is 0 Å². The third kappa shape index (κ3) is 4.20. The number of nitrogens with one attached hydrogen (secondary N) is 1. The van der Waals surface area contributed by atoms with E-state index < -0.39 is 15.9 Å². The fraction of sp³-hybridized carbons (Fsp3) is 0.278. The van der Waals surface area contributed by atoms with Crippen molar-refractivity contribution in [2.45, 2.75) is 17.1 Å². The second kappa shape index (κ2) is 8.23. The van der Waals surface area contributed by atoms with Gasteiger partial charge in [0.25, 0.3) is 10.0 Å². The highest BCUT2D eigenvalue weighted by Crippen LogP contribution is 2.29. The van der Waals surface area contributed by atoms with Crippen LogP contribution in [0, 0.1) is 5.92 Å².